The third-order valence-corrected chi connectivity index (χ3v) is 5.82. The molecule has 2 heterocycles. The van der Waals surface area contributed by atoms with E-state index in [9.17, 15) is 5.11 Å². The van der Waals surface area contributed by atoms with Crippen LogP contribution in [0.3, 0.4) is 0 Å². The second-order valence-electron chi connectivity index (χ2n) is 7.43. The molecule has 2 aromatic carbocycles. The molecule has 1 aromatic heterocycles. The molecule has 1 saturated heterocycles. The van der Waals surface area contributed by atoms with Gasteiger partial charge in [0.1, 0.15) is 0 Å². The van der Waals surface area contributed by atoms with E-state index in [4.69, 9.17) is 16.6 Å². The monoisotopic (exact) mass is 398 g/mol. The number of benzene rings is 2. The first-order valence-electron chi connectivity index (χ1n) is 9.94. The second-order valence-corrected chi connectivity index (χ2v) is 7.87. The minimum atomic E-state index is 0.221. The molecule has 6 heteroatoms. The molecule has 5 nitrogen and oxygen atoms in total. The van der Waals surface area contributed by atoms with E-state index in [0.717, 1.165) is 62.2 Å². The van der Waals surface area contributed by atoms with E-state index in [1.54, 1.807) is 0 Å². The first kappa shape index (κ1) is 19.2. The molecule has 3 aromatic rings. The van der Waals surface area contributed by atoms with Gasteiger partial charge in [-0.3, -0.25) is 4.90 Å². The lowest BCUT2D eigenvalue weighted by Crippen LogP contribution is -2.48. The van der Waals surface area contributed by atoms with E-state index in [1.165, 1.54) is 16.6 Å². The maximum Gasteiger partial charge on any atom is 0.206 e. The van der Waals surface area contributed by atoms with Crippen LogP contribution in [0, 0.1) is 6.92 Å². The Labute approximate surface area is 171 Å². The Morgan fingerprint density at radius 3 is 2.46 bits per heavy atom. The number of aliphatic hydroxyl groups excluding tert-OH is 1. The van der Waals surface area contributed by atoms with Crippen LogP contribution in [-0.2, 0) is 13.0 Å². The number of para-hydroxylation sites is 1. The molecule has 1 aliphatic rings. The Morgan fingerprint density at radius 1 is 1.00 bits per heavy atom. The van der Waals surface area contributed by atoms with Crippen LogP contribution < -0.4 is 4.90 Å². The molecule has 0 radical (unpaired) electrons. The van der Waals surface area contributed by atoms with Crippen molar-refractivity contribution in [3.8, 4) is 0 Å². The summed E-state index contributed by atoms with van der Waals surface area (Å²) in [7, 11) is 0. The zero-order valence-corrected chi connectivity index (χ0v) is 17.1. The van der Waals surface area contributed by atoms with E-state index < -0.39 is 0 Å². The molecular formula is C22H27ClN4O. The number of hydrogen-bond acceptors (Lipinski definition) is 4. The highest BCUT2D eigenvalue weighted by Crippen LogP contribution is 2.26. The zero-order chi connectivity index (χ0) is 19.5. The highest BCUT2D eigenvalue weighted by molar-refractivity contribution is 6.30. The fourth-order valence-electron chi connectivity index (χ4n) is 3.94. The summed E-state index contributed by atoms with van der Waals surface area (Å²) in [5.74, 6) is 1.06. The normalized spacial score (nSPS) is 15.5. The van der Waals surface area contributed by atoms with Gasteiger partial charge in [0, 0.05) is 44.3 Å². The molecule has 0 spiro atoms. The average Bonchev–Trinajstić information content (AvgIpc) is 3.08. The standard InChI is InChI=1S/C22H27ClN4O/c1-17-3-2-4-20-21(17)24-22(26-13-11-25(12-14-26)15-16-28)27(20)10-9-18-5-7-19(23)8-6-18/h2-8,28H,9-16H2,1H3. The number of anilines is 1. The predicted octanol–water partition coefficient (Wildman–Crippen LogP) is 3.36. The van der Waals surface area contributed by atoms with Gasteiger partial charge in [0.15, 0.2) is 0 Å². The van der Waals surface area contributed by atoms with Crippen LogP contribution >= 0.6 is 11.6 Å². The van der Waals surface area contributed by atoms with Crippen molar-refractivity contribution < 1.29 is 5.11 Å². The lowest BCUT2D eigenvalue weighted by Gasteiger charge is -2.35. The number of hydrogen-bond donors (Lipinski definition) is 1. The van der Waals surface area contributed by atoms with Crippen LogP contribution in [-0.4, -0.2) is 58.9 Å². The molecule has 0 atom stereocenters. The third kappa shape index (κ3) is 4.02. The second kappa shape index (κ2) is 8.52. The van der Waals surface area contributed by atoms with Gasteiger partial charge in [-0.15, -0.1) is 0 Å². The molecule has 1 N–H and O–H groups in total. The van der Waals surface area contributed by atoms with Gasteiger partial charge in [-0.2, -0.15) is 0 Å². The molecule has 28 heavy (non-hydrogen) atoms. The highest BCUT2D eigenvalue weighted by atomic mass is 35.5. The SMILES string of the molecule is Cc1cccc2c1nc(N1CCN(CCO)CC1)n2CCc1ccc(Cl)cc1. The third-order valence-electron chi connectivity index (χ3n) is 5.57. The minimum absolute atomic E-state index is 0.221. The van der Waals surface area contributed by atoms with Gasteiger partial charge in [-0.1, -0.05) is 35.9 Å². The lowest BCUT2D eigenvalue weighted by molar-refractivity contribution is 0.188. The van der Waals surface area contributed by atoms with E-state index in [0.29, 0.717) is 0 Å². The number of β-amino-alcohol motifs (C(OH)–C–C–N with tert-alkyl or cyclic N) is 1. The molecule has 0 bridgehead atoms. The Hall–Kier alpha value is -2.08. The van der Waals surface area contributed by atoms with Gasteiger partial charge >= 0.3 is 0 Å². The number of nitrogens with zero attached hydrogens (tertiary/aromatic N) is 4. The molecule has 148 valence electrons. The number of halogens is 1. The summed E-state index contributed by atoms with van der Waals surface area (Å²) < 4.78 is 2.36. The topological polar surface area (TPSA) is 44.5 Å². The van der Waals surface area contributed by atoms with Gasteiger partial charge in [-0.25, -0.2) is 4.98 Å². The van der Waals surface area contributed by atoms with Crippen LogP contribution in [0.15, 0.2) is 42.5 Å². The summed E-state index contributed by atoms with van der Waals surface area (Å²) in [6.07, 6.45) is 0.939. The molecule has 0 aliphatic carbocycles. The molecule has 1 aliphatic heterocycles. The van der Waals surface area contributed by atoms with Crippen molar-refractivity contribution in [2.75, 3.05) is 44.2 Å². The number of aryl methyl sites for hydroxylation is 3. The number of piperazine rings is 1. The molecule has 1 fully saturated rings. The molecule has 0 unspecified atom stereocenters. The first-order chi connectivity index (χ1) is 13.7. The molecule has 0 saturated carbocycles. The van der Waals surface area contributed by atoms with Gasteiger partial charge in [0.2, 0.25) is 5.95 Å². The quantitative estimate of drug-likeness (QED) is 0.691. The number of aromatic nitrogens is 2. The summed E-state index contributed by atoms with van der Waals surface area (Å²) in [5, 5.41) is 9.96. The van der Waals surface area contributed by atoms with Crippen molar-refractivity contribution in [3.63, 3.8) is 0 Å². The van der Waals surface area contributed by atoms with E-state index in [2.05, 4.69) is 51.6 Å². The van der Waals surface area contributed by atoms with Crippen molar-refractivity contribution in [2.45, 2.75) is 19.9 Å². The summed E-state index contributed by atoms with van der Waals surface area (Å²) in [6.45, 7) is 7.76. The molecular weight excluding hydrogens is 372 g/mol. The summed E-state index contributed by atoms with van der Waals surface area (Å²) in [5.41, 5.74) is 4.77. The maximum absolute atomic E-state index is 9.19. The number of imidazole rings is 1. The van der Waals surface area contributed by atoms with Crippen LogP contribution in [0.1, 0.15) is 11.1 Å². The van der Waals surface area contributed by atoms with Crippen LogP contribution in [0.25, 0.3) is 11.0 Å². The summed E-state index contributed by atoms with van der Waals surface area (Å²) >= 11 is 6.03. The Kier molecular flexibility index (Phi) is 5.85. The van der Waals surface area contributed by atoms with Crippen LogP contribution in [0.4, 0.5) is 5.95 Å². The number of fused-ring (bicyclic) bond motifs is 1. The van der Waals surface area contributed by atoms with Crippen molar-refractivity contribution in [2.24, 2.45) is 0 Å². The summed E-state index contributed by atoms with van der Waals surface area (Å²) in [6, 6.07) is 14.5. The summed E-state index contributed by atoms with van der Waals surface area (Å²) in [4.78, 5) is 9.73. The minimum Gasteiger partial charge on any atom is -0.395 e. The predicted molar refractivity (Wildman–Crippen MR) is 115 cm³/mol. The smallest absolute Gasteiger partial charge is 0.206 e. The van der Waals surface area contributed by atoms with Gasteiger partial charge in [0.05, 0.1) is 17.6 Å². The van der Waals surface area contributed by atoms with Crippen LogP contribution in [0.2, 0.25) is 5.02 Å². The van der Waals surface area contributed by atoms with Gasteiger partial charge in [0.25, 0.3) is 0 Å². The van der Waals surface area contributed by atoms with Crippen molar-refractivity contribution in [3.05, 3.63) is 58.6 Å². The maximum atomic E-state index is 9.19. The zero-order valence-electron chi connectivity index (χ0n) is 16.3. The lowest BCUT2D eigenvalue weighted by atomic mass is 10.1. The fraction of sp³-hybridized carbons (Fsp3) is 0.409. The Bertz CT molecular complexity index is 930. The van der Waals surface area contributed by atoms with Crippen molar-refractivity contribution in [1.29, 1.82) is 0 Å². The number of aliphatic hydroxyl groups is 1. The van der Waals surface area contributed by atoms with Crippen molar-refractivity contribution >= 4 is 28.6 Å². The highest BCUT2D eigenvalue weighted by Gasteiger charge is 2.22. The Morgan fingerprint density at radius 2 is 1.75 bits per heavy atom. The Balaban J connectivity index is 1.61. The fourth-order valence-corrected chi connectivity index (χ4v) is 4.07. The average molecular weight is 399 g/mol. The van der Waals surface area contributed by atoms with E-state index >= 15 is 0 Å². The molecule has 4 rings (SSSR count). The molecule has 0 amide bonds. The van der Waals surface area contributed by atoms with Crippen LogP contribution in [0.5, 0.6) is 0 Å². The number of rotatable bonds is 6. The largest absolute Gasteiger partial charge is 0.395 e. The van der Waals surface area contributed by atoms with Crippen molar-refractivity contribution in [1.82, 2.24) is 14.5 Å². The van der Waals surface area contributed by atoms with Gasteiger partial charge < -0.3 is 14.6 Å². The van der Waals surface area contributed by atoms with E-state index in [-0.39, 0.29) is 6.61 Å². The van der Waals surface area contributed by atoms with E-state index in [1.807, 2.05) is 12.1 Å². The first-order valence-corrected chi connectivity index (χ1v) is 10.3. The van der Waals surface area contributed by atoms with Gasteiger partial charge in [-0.05, 0) is 42.7 Å².